The van der Waals surface area contributed by atoms with Crippen molar-refractivity contribution in [1.29, 1.82) is 0 Å². The molecule has 0 amide bonds. The van der Waals surface area contributed by atoms with Gasteiger partial charge in [-0.2, -0.15) is 5.10 Å². The Morgan fingerprint density at radius 3 is 1.96 bits per heavy atom. The van der Waals surface area contributed by atoms with Gasteiger partial charge in [0.1, 0.15) is 5.71 Å². The Balaban J connectivity index is 1.99. The first kappa shape index (κ1) is 17.9. The molecule has 0 unspecified atom stereocenters. The van der Waals surface area contributed by atoms with Gasteiger partial charge >= 0.3 is 0 Å². The van der Waals surface area contributed by atoms with E-state index in [-0.39, 0.29) is 17.1 Å². The average Bonchev–Trinajstić information content (AvgIpc) is 2.72. The summed E-state index contributed by atoms with van der Waals surface area (Å²) in [6.07, 6.45) is 1.19. The first-order valence-corrected chi connectivity index (χ1v) is 8.08. The fraction of sp³-hybridized carbons (Fsp3) is 0. The smallest absolute Gasteiger partial charge is 0.213 e. The van der Waals surface area contributed by atoms with Crippen LogP contribution >= 0.6 is 0 Å². The van der Waals surface area contributed by atoms with Crippen LogP contribution in [0.25, 0.3) is 0 Å². The number of Topliss-reactive ketones (excluding diaryl/α,β-unsaturated/α-hetero) is 1. The van der Waals surface area contributed by atoms with E-state index in [0.717, 1.165) is 0 Å². The summed E-state index contributed by atoms with van der Waals surface area (Å²) in [4.78, 5) is 12.8. The van der Waals surface area contributed by atoms with Gasteiger partial charge in [0, 0.05) is 16.7 Å². The summed E-state index contributed by atoms with van der Waals surface area (Å²) in [5.41, 5.74) is 1.36. The molecule has 6 nitrogen and oxygen atoms in total. The summed E-state index contributed by atoms with van der Waals surface area (Å²) in [5.74, 6) is -1.91. The number of benzene rings is 3. The van der Waals surface area contributed by atoms with Crippen LogP contribution in [0.15, 0.2) is 83.0 Å². The third-order valence-electron chi connectivity index (χ3n) is 3.81. The van der Waals surface area contributed by atoms with E-state index in [2.05, 4.69) is 10.2 Å². The summed E-state index contributed by atoms with van der Waals surface area (Å²) in [6.45, 7) is 0. The summed E-state index contributed by atoms with van der Waals surface area (Å²) in [6, 6.07) is 20.2. The molecule has 0 aromatic heterocycles. The number of hydrogen-bond acceptors (Lipinski definition) is 6. The van der Waals surface area contributed by atoms with Crippen molar-refractivity contribution in [3.8, 4) is 17.2 Å². The second-order valence-electron chi connectivity index (χ2n) is 5.63. The number of aromatic hydroxyl groups is 3. The van der Waals surface area contributed by atoms with Crippen LogP contribution in [0, 0.1) is 0 Å². The zero-order valence-corrected chi connectivity index (χ0v) is 14.1. The van der Waals surface area contributed by atoms with Crippen molar-refractivity contribution in [1.82, 2.24) is 0 Å². The third-order valence-corrected chi connectivity index (χ3v) is 3.81. The highest BCUT2D eigenvalue weighted by molar-refractivity contribution is 6.51. The van der Waals surface area contributed by atoms with Crippen LogP contribution in [-0.4, -0.2) is 33.0 Å². The maximum absolute atomic E-state index is 12.8. The van der Waals surface area contributed by atoms with Gasteiger partial charge in [0.15, 0.2) is 11.5 Å². The highest BCUT2D eigenvalue weighted by atomic mass is 16.3. The molecule has 3 N–H and O–H groups in total. The van der Waals surface area contributed by atoms with Gasteiger partial charge in [0.05, 0.1) is 6.21 Å². The molecule has 27 heavy (non-hydrogen) atoms. The van der Waals surface area contributed by atoms with Crippen LogP contribution in [0.3, 0.4) is 0 Å². The topological polar surface area (TPSA) is 102 Å². The number of ketones is 1. The van der Waals surface area contributed by atoms with Crippen LogP contribution in [-0.2, 0) is 0 Å². The minimum atomic E-state index is -0.647. The molecule has 0 aliphatic rings. The van der Waals surface area contributed by atoms with Crippen LogP contribution in [0.1, 0.15) is 21.5 Å². The monoisotopic (exact) mass is 360 g/mol. The normalized spacial score (nSPS) is 11.6. The fourth-order valence-corrected chi connectivity index (χ4v) is 2.39. The van der Waals surface area contributed by atoms with Gasteiger partial charge in [0.2, 0.25) is 11.5 Å². The summed E-state index contributed by atoms with van der Waals surface area (Å²) in [5, 5.41) is 36.7. The van der Waals surface area contributed by atoms with Crippen molar-refractivity contribution >= 4 is 17.7 Å². The largest absolute Gasteiger partial charge is 0.504 e. The number of nitrogens with zero attached hydrogens (tertiary/aromatic N) is 2. The zero-order chi connectivity index (χ0) is 19.2. The predicted molar refractivity (Wildman–Crippen MR) is 103 cm³/mol. The van der Waals surface area contributed by atoms with E-state index in [4.69, 9.17) is 0 Å². The molecule has 3 aromatic carbocycles. The summed E-state index contributed by atoms with van der Waals surface area (Å²) >= 11 is 0. The van der Waals surface area contributed by atoms with E-state index in [1.807, 2.05) is 12.1 Å². The summed E-state index contributed by atoms with van der Waals surface area (Å²) in [7, 11) is 0. The van der Waals surface area contributed by atoms with Crippen molar-refractivity contribution in [2.75, 3.05) is 0 Å². The van der Waals surface area contributed by atoms with Crippen LogP contribution in [0.5, 0.6) is 17.2 Å². The van der Waals surface area contributed by atoms with Gasteiger partial charge in [-0.25, -0.2) is 0 Å². The van der Waals surface area contributed by atoms with Crippen molar-refractivity contribution in [3.63, 3.8) is 0 Å². The highest BCUT2D eigenvalue weighted by Gasteiger charge is 2.16. The van der Waals surface area contributed by atoms with Gasteiger partial charge in [-0.05, 0) is 12.1 Å². The first-order valence-electron chi connectivity index (χ1n) is 8.08. The number of rotatable bonds is 5. The first-order chi connectivity index (χ1) is 13.1. The van der Waals surface area contributed by atoms with E-state index >= 15 is 0 Å². The predicted octanol–water partition coefficient (Wildman–Crippen LogP) is 3.51. The molecule has 0 saturated carbocycles. The van der Waals surface area contributed by atoms with Crippen molar-refractivity contribution in [2.45, 2.75) is 0 Å². The van der Waals surface area contributed by atoms with Crippen LogP contribution < -0.4 is 0 Å². The molecule has 0 spiro atoms. The molecule has 0 atom stereocenters. The molecule has 0 aliphatic heterocycles. The lowest BCUT2D eigenvalue weighted by atomic mass is 10.0. The molecule has 3 aromatic rings. The molecule has 3 rings (SSSR count). The quantitative estimate of drug-likeness (QED) is 0.280. The molecule has 0 heterocycles. The van der Waals surface area contributed by atoms with Gasteiger partial charge in [-0.1, -0.05) is 60.7 Å². The Labute approximate surface area is 155 Å². The lowest BCUT2D eigenvalue weighted by Crippen LogP contribution is -2.15. The SMILES string of the molecule is O=C(/C(=N/N=C/c1ccc(O)c(O)c1O)c1ccccc1)c1ccccc1. The van der Waals surface area contributed by atoms with Crippen LogP contribution in [0.4, 0.5) is 0 Å². The second-order valence-corrected chi connectivity index (χ2v) is 5.63. The molecule has 0 fully saturated rings. The Kier molecular flexibility index (Phi) is 5.28. The number of hydrogen-bond donors (Lipinski definition) is 3. The van der Waals surface area contributed by atoms with Gasteiger partial charge < -0.3 is 15.3 Å². The van der Waals surface area contributed by atoms with E-state index in [9.17, 15) is 20.1 Å². The molecule has 0 radical (unpaired) electrons. The van der Waals surface area contributed by atoms with Crippen LogP contribution in [0.2, 0.25) is 0 Å². The molecule has 134 valence electrons. The standard InChI is InChI=1S/C21H16N2O4/c24-17-12-11-16(20(26)21(17)27)13-22-23-18(14-7-3-1-4-8-14)19(25)15-9-5-2-6-10-15/h1-13,24,26-27H/b22-13+,23-18+. The molecular formula is C21H16N2O4. The van der Waals surface area contributed by atoms with E-state index < -0.39 is 17.2 Å². The third kappa shape index (κ3) is 4.01. The van der Waals surface area contributed by atoms with Gasteiger partial charge in [-0.15, -0.1) is 5.10 Å². The molecule has 0 bridgehead atoms. The maximum Gasteiger partial charge on any atom is 0.213 e. The van der Waals surface area contributed by atoms with E-state index in [1.165, 1.54) is 18.3 Å². The molecular weight excluding hydrogens is 344 g/mol. The van der Waals surface area contributed by atoms with Crippen molar-refractivity contribution < 1.29 is 20.1 Å². The van der Waals surface area contributed by atoms with E-state index in [1.54, 1.807) is 48.5 Å². The van der Waals surface area contributed by atoms with E-state index in [0.29, 0.717) is 11.1 Å². The minimum Gasteiger partial charge on any atom is -0.504 e. The minimum absolute atomic E-state index is 0.139. The lowest BCUT2D eigenvalue weighted by molar-refractivity contribution is 0.106. The Hall–Kier alpha value is -3.93. The number of phenolic OH excluding ortho intramolecular Hbond substituents is 3. The summed E-state index contributed by atoms with van der Waals surface area (Å²) < 4.78 is 0. The zero-order valence-electron chi connectivity index (χ0n) is 14.1. The average molecular weight is 360 g/mol. The van der Waals surface area contributed by atoms with Crippen molar-refractivity contribution in [2.24, 2.45) is 10.2 Å². The molecule has 6 heteroatoms. The number of carbonyl (C=O) groups excluding carboxylic acids is 1. The lowest BCUT2D eigenvalue weighted by Gasteiger charge is -2.05. The Bertz CT molecular complexity index is 1010. The Morgan fingerprint density at radius 1 is 0.741 bits per heavy atom. The Morgan fingerprint density at radius 2 is 1.33 bits per heavy atom. The van der Waals surface area contributed by atoms with Gasteiger partial charge in [-0.3, -0.25) is 4.79 Å². The fourth-order valence-electron chi connectivity index (χ4n) is 2.39. The van der Waals surface area contributed by atoms with Crippen molar-refractivity contribution in [3.05, 3.63) is 89.5 Å². The number of phenols is 3. The second kappa shape index (κ2) is 7.97. The molecule has 0 saturated heterocycles. The highest BCUT2D eigenvalue weighted by Crippen LogP contribution is 2.36. The molecule has 0 aliphatic carbocycles. The van der Waals surface area contributed by atoms with Gasteiger partial charge in [0.25, 0.3) is 0 Å². The maximum atomic E-state index is 12.8. The number of carbonyl (C=O) groups is 1.